The molecule has 6 nitrogen and oxygen atoms in total. The van der Waals surface area contributed by atoms with Crippen LogP contribution in [-0.2, 0) is 0 Å². The zero-order valence-corrected chi connectivity index (χ0v) is 18.1. The largest absolute Gasteiger partial charge is 0.297 e. The fourth-order valence-electron chi connectivity index (χ4n) is 3.42. The third-order valence-corrected chi connectivity index (χ3v) is 7.32. The number of amides is 1. The Labute approximate surface area is 188 Å². The van der Waals surface area contributed by atoms with Gasteiger partial charge in [-0.3, -0.25) is 20.2 Å². The number of thiazole rings is 1. The number of hydrogen-bond acceptors (Lipinski definition) is 6. The molecule has 0 atom stereocenters. The van der Waals surface area contributed by atoms with E-state index in [0.717, 1.165) is 33.4 Å². The van der Waals surface area contributed by atoms with Crippen LogP contribution in [0.1, 0.15) is 9.67 Å². The van der Waals surface area contributed by atoms with Crippen LogP contribution < -0.4 is 5.32 Å². The quantitative estimate of drug-likeness (QED) is 0.229. The van der Waals surface area contributed by atoms with Crippen molar-refractivity contribution in [1.29, 1.82) is 0 Å². The summed E-state index contributed by atoms with van der Waals surface area (Å²) in [6, 6.07) is 18.6. The Morgan fingerprint density at radius 3 is 2.61 bits per heavy atom. The molecule has 0 radical (unpaired) electrons. The van der Waals surface area contributed by atoms with Gasteiger partial charge < -0.3 is 0 Å². The molecule has 0 fully saturated rings. The number of nitro benzene ring substituents is 1. The van der Waals surface area contributed by atoms with Gasteiger partial charge in [-0.25, -0.2) is 4.98 Å². The Morgan fingerprint density at radius 2 is 1.77 bits per heavy atom. The topological polar surface area (TPSA) is 85.1 Å². The number of fused-ring (bicyclic) bond motifs is 2. The van der Waals surface area contributed by atoms with Gasteiger partial charge in [0.15, 0.2) is 5.13 Å². The van der Waals surface area contributed by atoms with E-state index >= 15 is 0 Å². The van der Waals surface area contributed by atoms with Crippen molar-refractivity contribution in [3.8, 4) is 11.3 Å². The molecule has 31 heavy (non-hydrogen) atoms. The highest BCUT2D eigenvalue weighted by Crippen LogP contribution is 2.40. The average molecular weight is 466 g/mol. The molecular weight excluding hydrogens is 454 g/mol. The highest BCUT2D eigenvalue weighted by atomic mass is 35.5. The number of nitrogens with zero attached hydrogens (tertiary/aromatic N) is 2. The van der Waals surface area contributed by atoms with E-state index in [4.69, 9.17) is 11.6 Å². The Kier molecular flexibility index (Phi) is 4.90. The molecular formula is C22H12ClN3O3S2. The first kappa shape index (κ1) is 19.6. The molecule has 0 spiro atoms. The standard InChI is InChI=1S/C22H12ClN3O3S2/c23-18-15-9-4-10-17(26(28)29)19(15)31-20(18)21(27)25-22-24-16(11-30-22)14-8-3-6-12-5-1-2-7-13(12)14/h1-11H,(H,24,25,27). The second kappa shape index (κ2) is 7.73. The molecule has 1 N–H and O–H groups in total. The van der Waals surface area contributed by atoms with Gasteiger partial charge in [0.1, 0.15) is 9.58 Å². The third-order valence-electron chi connectivity index (χ3n) is 4.83. The highest BCUT2D eigenvalue weighted by Gasteiger charge is 2.23. The van der Waals surface area contributed by atoms with Crippen molar-refractivity contribution in [2.75, 3.05) is 5.32 Å². The fraction of sp³-hybridized carbons (Fsp3) is 0. The van der Waals surface area contributed by atoms with Crippen molar-refractivity contribution >= 4 is 71.9 Å². The van der Waals surface area contributed by atoms with E-state index in [1.165, 1.54) is 17.4 Å². The molecule has 5 aromatic rings. The summed E-state index contributed by atoms with van der Waals surface area (Å²) < 4.78 is 0.373. The van der Waals surface area contributed by atoms with E-state index in [0.29, 0.717) is 15.2 Å². The number of carbonyl (C=O) groups excluding carboxylic acids is 1. The zero-order valence-electron chi connectivity index (χ0n) is 15.7. The molecule has 5 rings (SSSR count). The van der Waals surface area contributed by atoms with Crippen LogP contribution in [0.5, 0.6) is 0 Å². The number of hydrogen-bond donors (Lipinski definition) is 1. The number of carbonyl (C=O) groups is 1. The number of halogens is 1. The Hall–Kier alpha value is -3.33. The lowest BCUT2D eigenvalue weighted by molar-refractivity contribution is -0.382. The number of benzene rings is 3. The van der Waals surface area contributed by atoms with Crippen molar-refractivity contribution < 1.29 is 9.72 Å². The van der Waals surface area contributed by atoms with Gasteiger partial charge in [0.25, 0.3) is 11.6 Å². The summed E-state index contributed by atoms with van der Waals surface area (Å²) in [5.74, 6) is -0.445. The molecule has 2 aromatic heterocycles. The molecule has 0 aliphatic rings. The minimum Gasteiger partial charge on any atom is -0.297 e. The van der Waals surface area contributed by atoms with Crippen molar-refractivity contribution in [3.63, 3.8) is 0 Å². The Bertz CT molecular complexity index is 1490. The summed E-state index contributed by atoms with van der Waals surface area (Å²) in [6.45, 7) is 0. The van der Waals surface area contributed by atoms with Crippen LogP contribution in [0.15, 0.2) is 66.0 Å². The van der Waals surface area contributed by atoms with Gasteiger partial charge in [0.2, 0.25) is 0 Å². The lowest BCUT2D eigenvalue weighted by Crippen LogP contribution is -2.10. The van der Waals surface area contributed by atoms with E-state index in [-0.39, 0.29) is 15.6 Å². The van der Waals surface area contributed by atoms with E-state index in [9.17, 15) is 14.9 Å². The monoisotopic (exact) mass is 465 g/mol. The van der Waals surface area contributed by atoms with Crippen molar-refractivity contribution in [2.24, 2.45) is 0 Å². The Balaban J connectivity index is 1.47. The molecule has 3 aromatic carbocycles. The van der Waals surface area contributed by atoms with E-state index in [1.54, 1.807) is 12.1 Å². The van der Waals surface area contributed by atoms with Crippen LogP contribution in [-0.4, -0.2) is 15.8 Å². The van der Waals surface area contributed by atoms with Gasteiger partial charge in [-0.2, -0.15) is 0 Å². The van der Waals surface area contributed by atoms with Crippen LogP contribution in [0.4, 0.5) is 10.8 Å². The van der Waals surface area contributed by atoms with Gasteiger partial charge in [0.05, 0.1) is 15.6 Å². The normalized spacial score (nSPS) is 11.1. The molecule has 0 saturated carbocycles. The Morgan fingerprint density at radius 1 is 1.03 bits per heavy atom. The predicted octanol–water partition coefficient (Wildman–Crippen LogP) is 6.99. The molecule has 1 amide bonds. The van der Waals surface area contributed by atoms with Crippen LogP contribution in [0, 0.1) is 10.1 Å². The van der Waals surface area contributed by atoms with Gasteiger partial charge in [0, 0.05) is 22.4 Å². The fourth-order valence-corrected chi connectivity index (χ4v) is 5.62. The van der Waals surface area contributed by atoms with Gasteiger partial charge in [-0.15, -0.1) is 22.7 Å². The lowest BCUT2D eigenvalue weighted by atomic mass is 10.0. The highest BCUT2D eigenvalue weighted by molar-refractivity contribution is 7.22. The number of rotatable bonds is 4. The maximum atomic E-state index is 12.9. The predicted molar refractivity (Wildman–Crippen MR) is 126 cm³/mol. The second-order valence-corrected chi connectivity index (χ2v) is 8.93. The maximum absolute atomic E-state index is 12.9. The molecule has 0 bridgehead atoms. The van der Waals surface area contributed by atoms with Crippen LogP contribution in [0.25, 0.3) is 32.1 Å². The average Bonchev–Trinajstić information content (AvgIpc) is 3.37. The molecule has 0 aliphatic carbocycles. The summed E-state index contributed by atoms with van der Waals surface area (Å²) in [5, 5.41) is 19.2. The minimum atomic E-state index is -0.478. The van der Waals surface area contributed by atoms with Crippen molar-refractivity contribution in [2.45, 2.75) is 0 Å². The van der Waals surface area contributed by atoms with E-state index in [1.807, 2.05) is 47.8 Å². The molecule has 152 valence electrons. The first-order valence-corrected chi connectivity index (χ1v) is 11.2. The third kappa shape index (κ3) is 3.44. The molecule has 0 aliphatic heterocycles. The lowest BCUT2D eigenvalue weighted by Gasteiger charge is -2.03. The van der Waals surface area contributed by atoms with Crippen LogP contribution in [0.2, 0.25) is 5.02 Å². The van der Waals surface area contributed by atoms with Crippen LogP contribution >= 0.6 is 34.3 Å². The van der Waals surface area contributed by atoms with Gasteiger partial charge in [-0.1, -0.05) is 66.2 Å². The molecule has 0 unspecified atom stereocenters. The first-order valence-electron chi connectivity index (χ1n) is 9.13. The number of nitro groups is 1. The number of anilines is 1. The number of aromatic nitrogens is 1. The van der Waals surface area contributed by atoms with E-state index in [2.05, 4.69) is 10.3 Å². The summed E-state index contributed by atoms with van der Waals surface area (Å²) in [7, 11) is 0. The minimum absolute atomic E-state index is 0.0732. The van der Waals surface area contributed by atoms with Crippen molar-refractivity contribution in [1.82, 2.24) is 4.98 Å². The van der Waals surface area contributed by atoms with Gasteiger partial charge in [-0.05, 0) is 10.8 Å². The number of non-ortho nitro benzene ring substituents is 1. The number of thiophene rings is 1. The summed E-state index contributed by atoms with van der Waals surface area (Å²) >= 11 is 8.68. The van der Waals surface area contributed by atoms with E-state index < -0.39 is 10.8 Å². The number of nitrogens with one attached hydrogen (secondary N) is 1. The summed E-state index contributed by atoms with van der Waals surface area (Å²) in [5.41, 5.74) is 1.66. The zero-order chi connectivity index (χ0) is 21.5. The summed E-state index contributed by atoms with van der Waals surface area (Å²) in [6.07, 6.45) is 0. The summed E-state index contributed by atoms with van der Waals surface area (Å²) in [4.78, 5) is 28.4. The van der Waals surface area contributed by atoms with Crippen LogP contribution in [0.3, 0.4) is 0 Å². The smallest absolute Gasteiger partial charge is 0.287 e. The molecule has 0 saturated heterocycles. The molecule has 9 heteroatoms. The molecule has 2 heterocycles. The van der Waals surface area contributed by atoms with Crippen molar-refractivity contribution in [3.05, 3.63) is 86.1 Å². The maximum Gasteiger partial charge on any atom is 0.287 e. The SMILES string of the molecule is O=C(Nc1nc(-c2cccc3ccccc23)cs1)c1sc2c([N+](=O)[O-])cccc2c1Cl. The van der Waals surface area contributed by atoms with Gasteiger partial charge >= 0.3 is 0 Å². The second-order valence-electron chi connectivity index (χ2n) is 6.67. The first-order chi connectivity index (χ1) is 15.0.